The van der Waals surface area contributed by atoms with E-state index in [1.165, 1.54) is 0 Å². The van der Waals surface area contributed by atoms with E-state index in [2.05, 4.69) is 0 Å². The van der Waals surface area contributed by atoms with Crippen molar-refractivity contribution in [3.63, 3.8) is 0 Å². The highest BCUT2D eigenvalue weighted by Crippen LogP contribution is 2.19. The number of carbonyl (C=O) groups is 1. The lowest BCUT2D eigenvalue weighted by Crippen LogP contribution is -2.28. The van der Waals surface area contributed by atoms with Gasteiger partial charge in [-0.25, -0.2) is 0 Å². The Kier molecular flexibility index (Phi) is 5.95. The number of hydrogen-bond donors (Lipinski definition) is 2. The van der Waals surface area contributed by atoms with Crippen molar-refractivity contribution in [1.29, 1.82) is 0 Å². The molecule has 0 spiro atoms. The summed E-state index contributed by atoms with van der Waals surface area (Å²) in [6, 6.07) is 4.88. The highest BCUT2D eigenvalue weighted by Gasteiger charge is 2.14. The van der Waals surface area contributed by atoms with Crippen LogP contribution in [0, 0.1) is 0 Å². The molecule has 18 heavy (non-hydrogen) atoms. The quantitative estimate of drug-likeness (QED) is 0.615. The van der Waals surface area contributed by atoms with E-state index < -0.39 is 0 Å². The minimum absolute atomic E-state index is 0.126. The van der Waals surface area contributed by atoms with Gasteiger partial charge in [0.25, 0.3) is 5.91 Å². The van der Waals surface area contributed by atoms with E-state index in [9.17, 15) is 4.79 Å². The summed E-state index contributed by atoms with van der Waals surface area (Å²) in [5.74, 6) is -0.126. The Bertz CT molecular complexity index is 410. The number of rotatable bonds is 6. The minimum Gasteiger partial charge on any atom is -0.398 e. The lowest BCUT2D eigenvalue weighted by atomic mass is 10.1. The zero-order valence-corrected chi connectivity index (χ0v) is 11.3. The Balaban J connectivity index is 2.60. The molecule has 0 bridgehead atoms. The fourth-order valence-electron chi connectivity index (χ4n) is 1.66. The largest absolute Gasteiger partial charge is 0.398 e. The van der Waals surface area contributed by atoms with Crippen molar-refractivity contribution < 1.29 is 9.90 Å². The van der Waals surface area contributed by atoms with Crippen molar-refractivity contribution in [2.45, 2.75) is 19.3 Å². The maximum absolute atomic E-state index is 12.1. The Hall–Kier alpha value is -1.26. The SMILES string of the molecule is CN(CCCCCO)C(=O)c1cc(Cl)ccc1N. The molecule has 3 N–H and O–H groups in total. The molecular formula is C13H19ClN2O2. The van der Waals surface area contributed by atoms with Crippen LogP contribution in [-0.2, 0) is 0 Å². The van der Waals surface area contributed by atoms with E-state index in [1.807, 2.05) is 0 Å². The van der Waals surface area contributed by atoms with Gasteiger partial charge in [-0.1, -0.05) is 11.6 Å². The maximum Gasteiger partial charge on any atom is 0.255 e. The van der Waals surface area contributed by atoms with Crippen LogP contribution < -0.4 is 5.73 Å². The summed E-state index contributed by atoms with van der Waals surface area (Å²) in [6.45, 7) is 0.837. The number of aliphatic hydroxyl groups excluding tert-OH is 1. The van der Waals surface area contributed by atoms with Crippen molar-refractivity contribution in [1.82, 2.24) is 4.90 Å². The molecule has 1 rings (SSSR count). The molecule has 0 aliphatic rings. The Morgan fingerprint density at radius 3 is 2.78 bits per heavy atom. The topological polar surface area (TPSA) is 66.6 Å². The number of benzene rings is 1. The van der Waals surface area contributed by atoms with Gasteiger partial charge in [0.15, 0.2) is 0 Å². The minimum atomic E-state index is -0.126. The predicted octanol–water partition coefficient (Wildman–Crippen LogP) is 2.16. The first-order chi connectivity index (χ1) is 8.56. The smallest absolute Gasteiger partial charge is 0.255 e. The average Bonchev–Trinajstić information content (AvgIpc) is 2.36. The molecule has 0 saturated heterocycles. The van der Waals surface area contributed by atoms with Crippen LogP contribution in [-0.4, -0.2) is 36.1 Å². The average molecular weight is 271 g/mol. The zero-order valence-electron chi connectivity index (χ0n) is 10.5. The molecule has 0 saturated carbocycles. The molecule has 0 aromatic heterocycles. The van der Waals surface area contributed by atoms with Gasteiger partial charge in [-0.2, -0.15) is 0 Å². The summed E-state index contributed by atoms with van der Waals surface area (Å²) in [6.07, 6.45) is 2.53. The first-order valence-corrected chi connectivity index (χ1v) is 6.35. The highest BCUT2D eigenvalue weighted by molar-refractivity contribution is 6.31. The van der Waals surface area contributed by atoms with E-state index in [0.717, 1.165) is 19.3 Å². The predicted molar refractivity (Wildman–Crippen MR) is 73.8 cm³/mol. The third-order valence-corrected chi connectivity index (χ3v) is 2.98. The standard InChI is InChI=1S/C13H19ClN2O2/c1-16(7-3-2-4-8-17)13(18)11-9-10(14)5-6-12(11)15/h5-6,9,17H,2-4,7-8,15H2,1H3. The van der Waals surface area contributed by atoms with Crippen molar-refractivity contribution in [2.75, 3.05) is 25.9 Å². The molecule has 1 amide bonds. The molecule has 0 atom stereocenters. The van der Waals surface area contributed by atoms with Crippen molar-refractivity contribution >= 4 is 23.2 Å². The number of aliphatic hydroxyl groups is 1. The summed E-state index contributed by atoms with van der Waals surface area (Å²) in [4.78, 5) is 13.7. The van der Waals surface area contributed by atoms with Crippen LogP contribution in [0.4, 0.5) is 5.69 Å². The van der Waals surface area contributed by atoms with Crippen LogP contribution >= 0.6 is 11.6 Å². The van der Waals surface area contributed by atoms with Gasteiger partial charge in [0, 0.05) is 30.9 Å². The Labute approximate surface area is 112 Å². The zero-order chi connectivity index (χ0) is 13.5. The molecule has 5 heteroatoms. The molecular weight excluding hydrogens is 252 g/mol. The number of nitrogens with zero attached hydrogens (tertiary/aromatic N) is 1. The molecule has 0 aliphatic heterocycles. The molecule has 4 nitrogen and oxygen atoms in total. The molecule has 100 valence electrons. The van der Waals surface area contributed by atoms with Gasteiger partial charge in [-0.15, -0.1) is 0 Å². The summed E-state index contributed by atoms with van der Waals surface area (Å²) in [7, 11) is 1.74. The molecule has 1 aromatic carbocycles. The maximum atomic E-state index is 12.1. The van der Waals surface area contributed by atoms with Crippen molar-refractivity contribution in [3.8, 4) is 0 Å². The van der Waals surface area contributed by atoms with Gasteiger partial charge >= 0.3 is 0 Å². The van der Waals surface area contributed by atoms with Crippen LogP contribution in [0.5, 0.6) is 0 Å². The van der Waals surface area contributed by atoms with E-state index in [4.69, 9.17) is 22.4 Å². The molecule has 0 heterocycles. The van der Waals surface area contributed by atoms with Gasteiger partial charge in [0.2, 0.25) is 0 Å². The van der Waals surface area contributed by atoms with E-state index in [-0.39, 0.29) is 12.5 Å². The fraction of sp³-hybridized carbons (Fsp3) is 0.462. The van der Waals surface area contributed by atoms with Crippen LogP contribution in [0.3, 0.4) is 0 Å². The number of unbranched alkanes of at least 4 members (excludes halogenated alkanes) is 2. The van der Waals surface area contributed by atoms with E-state index in [1.54, 1.807) is 30.1 Å². The molecule has 0 unspecified atom stereocenters. The fourth-order valence-corrected chi connectivity index (χ4v) is 1.83. The van der Waals surface area contributed by atoms with Crippen molar-refractivity contribution in [3.05, 3.63) is 28.8 Å². The van der Waals surface area contributed by atoms with Crippen LogP contribution in [0.15, 0.2) is 18.2 Å². The molecule has 0 aliphatic carbocycles. The second-order valence-electron chi connectivity index (χ2n) is 4.24. The number of nitrogen functional groups attached to an aromatic ring is 1. The number of carbonyl (C=O) groups excluding carboxylic acids is 1. The molecule has 0 fully saturated rings. The lowest BCUT2D eigenvalue weighted by molar-refractivity contribution is 0.0793. The number of amides is 1. The van der Waals surface area contributed by atoms with E-state index >= 15 is 0 Å². The number of halogens is 1. The Morgan fingerprint density at radius 1 is 1.39 bits per heavy atom. The summed E-state index contributed by atoms with van der Waals surface area (Å²) < 4.78 is 0. The Morgan fingerprint density at radius 2 is 2.11 bits per heavy atom. The van der Waals surface area contributed by atoms with Crippen LogP contribution in [0.25, 0.3) is 0 Å². The van der Waals surface area contributed by atoms with Crippen molar-refractivity contribution in [2.24, 2.45) is 0 Å². The monoisotopic (exact) mass is 270 g/mol. The summed E-state index contributed by atoms with van der Waals surface area (Å²) in [5.41, 5.74) is 6.64. The number of hydrogen-bond acceptors (Lipinski definition) is 3. The first kappa shape index (κ1) is 14.8. The first-order valence-electron chi connectivity index (χ1n) is 5.97. The molecule has 1 aromatic rings. The molecule has 0 radical (unpaired) electrons. The summed E-state index contributed by atoms with van der Waals surface area (Å²) in [5, 5.41) is 9.18. The second-order valence-corrected chi connectivity index (χ2v) is 4.68. The van der Waals surface area contributed by atoms with Gasteiger partial charge in [0.05, 0.1) is 5.56 Å². The number of anilines is 1. The van der Waals surface area contributed by atoms with E-state index in [0.29, 0.717) is 22.8 Å². The third-order valence-electron chi connectivity index (χ3n) is 2.74. The number of nitrogens with two attached hydrogens (primary N) is 1. The van der Waals surface area contributed by atoms with Crippen LogP contribution in [0.1, 0.15) is 29.6 Å². The third kappa shape index (κ3) is 4.20. The van der Waals surface area contributed by atoms with Gasteiger partial charge < -0.3 is 15.7 Å². The van der Waals surface area contributed by atoms with Crippen LogP contribution in [0.2, 0.25) is 5.02 Å². The van der Waals surface area contributed by atoms with Gasteiger partial charge in [0.1, 0.15) is 0 Å². The lowest BCUT2D eigenvalue weighted by Gasteiger charge is -2.18. The second kappa shape index (κ2) is 7.24. The summed E-state index contributed by atoms with van der Waals surface area (Å²) >= 11 is 5.86. The highest BCUT2D eigenvalue weighted by atomic mass is 35.5. The normalized spacial score (nSPS) is 10.4. The van der Waals surface area contributed by atoms with Gasteiger partial charge in [-0.3, -0.25) is 4.79 Å². The van der Waals surface area contributed by atoms with Gasteiger partial charge in [-0.05, 0) is 37.5 Å².